The third-order valence-electron chi connectivity index (χ3n) is 6.05. The molecule has 0 saturated heterocycles. The summed E-state index contributed by atoms with van der Waals surface area (Å²) in [6.07, 6.45) is -0.269. The van der Waals surface area contributed by atoms with Crippen LogP contribution < -0.4 is 10.1 Å². The molecule has 0 radical (unpaired) electrons. The lowest BCUT2D eigenvalue weighted by atomic mass is 10.0. The summed E-state index contributed by atoms with van der Waals surface area (Å²) < 4.78 is 11.8. The molecule has 1 aliphatic heterocycles. The molecular formula is C26H33N3O5. The number of amides is 3. The van der Waals surface area contributed by atoms with Crippen LogP contribution in [-0.2, 0) is 9.53 Å². The number of nitrogens with zero attached hydrogens (tertiary/aromatic N) is 2. The van der Waals surface area contributed by atoms with Gasteiger partial charge in [0.25, 0.3) is 11.8 Å². The van der Waals surface area contributed by atoms with Gasteiger partial charge in [-0.2, -0.15) is 0 Å². The number of methoxy groups -OCH3 is 1. The average Bonchev–Trinajstić information content (AvgIpc) is 2.82. The molecule has 34 heavy (non-hydrogen) atoms. The highest BCUT2D eigenvalue weighted by Gasteiger charge is 2.30. The molecule has 2 aromatic rings. The molecule has 8 heteroatoms. The van der Waals surface area contributed by atoms with Gasteiger partial charge in [-0.1, -0.05) is 25.1 Å². The second-order valence-electron chi connectivity index (χ2n) is 8.81. The van der Waals surface area contributed by atoms with Crippen molar-refractivity contribution in [3.05, 3.63) is 59.7 Å². The number of nitrogens with one attached hydrogen (secondary N) is 1. The molecule has 0 aromatic heterocycles. The van der Waals surface area contributed by atoms with Gasteiger partial charge in [-0.15, -0.1) is 0 Å². The van der Waals surface area contributed by atoms with E-state index in [0.717, 1.165) is 0 Å². The quantitative estimate of drug-likeness (QED) is 0.748. The number of anilines is 1. The molecule has 182 valence electrons. The van der Waals surface area contributed by atoms with Crippen molar-refractivity contribution in [2.45, 2.75) is 32.9 Å². The minimum absolute atomic E-state index is 0.0311. The Hall–Kier alpha value is -3.39. The third kappa shape index (κ3) is 5.94. The van der Waals surface area contributed by atoms with Crippen LogP contribution in [0.1, 0.15) is 41.5 Å². The largest absolute Gasteiger partial charge is 0.491 e. The van der Waals surface area contributed by atoms with Crippen molar-refractivity contribution in [3.8, 4) is 5.75 Å². The van der Waals surface area contributed by atoms with Crippen LogP contribution in [0.2, 0.25) is 0 Å². The summed E-state index contributed by atoms with van der Waals surface area (Å²) in [7, 11) is 3.34. The predicted octanol–water partition coefficient (Wildman–Crippen LogP) is 3.29. The maximum atomic E-state index is 13.4. The number of carbonyl (C=O) groups excluding carboxylic acids is 3. The lowest BCUT2D eigenvalue weighted by molar-refractivity contribution is -0.114. The van der Waals surface area contributed by atoms with Crippen molar-refractivity contribution in [2.24, 2.45) is 5.92 Å². The monoisotopic (exact) mass is 467 g/mol. The molecule has 0 unspecified atom stereocenters. The lowest BCUT2D eigenvalue weighted by Gasteiger charge is -2.36. The van der Waals surface area contributed by atoms with Crippen LogP contribution in [0.5, 0.6) is 5.75 Å². The van der Waals surface area contributed by atoms with Crippen molar-refractivity contribution >= 4 is 23.4 Å². The smallest absolute Gasteiger partial charge is 0.257 e. The topological polar surface area (TPSA) is 88.2 Å². The van der Waals surface area contributed by atoms with E-state index in [0.29, 0.717) is 35.7 Å². The highest BCUT2D eigenvalue weighted by Crippen LogP contribution is 2.27. The zero-order valence-electron chi connectivity index (χ0n) is 20.4. The molecule has 0 aliphatic carbocycles. The maximum Gasteiger partial charge on any atom is 0.257 e. The molecule has 2 aromatic carbocycles. The number of likely N-dealkylation sites (N-methyl/N-ethyl adjacent to an activating group) is 1. The Bertz CT molecular complexity index is 1030. The van der Waals surface area contributed by atoms with E-state index in [9.17, 15) is 14.4 Å². The SMILES string of the molecule is CO[C@H]1CN(C)C(=O)c2ccc(NC(C)=O)cc2OC[C@@H](C)N(C(=O)c2ccccc2)C[C@H]1C. The number of hydrogen-bond donors (Lipinski definition) is 1. The zero-order valence-corrected chi connectivity index (χ0v) is 20.4. The van der Waals surface area contributed by atoms with Crippen molar-refractivity contribution < 1.29 is 23.9 Å². The average molecular weight is 468 g/mol. The molecule has 1 heterocycles. The molecule has 0 fully saturated rings. The Balaban J connectivity index is 2.00. The molecule has 3 atom stereocenters. The van der Waals surface area contributed by atoms with Gasteiger partial charge in [0.15, 0.2) is 0 Å². The predicted molar refractivity (Wildman–Crippen MR) is 130 cm³/mol. The standard InChI is InChI=1S/C26H33N3O5/c1-17-14-29(25(31)20-9-7-6-8-10-20)18(2)16-34-23-13-21(27-19(3)30)11-12-22(23)26(32)28(4)15-24(17)33-5/h6-13,17-18,24H,14-16H2,1-5H3,(H,27,30)/t17-,18-,24+/m1/s1. The van der Waals surface area contributed by atoms with Gasteiger partial charge in [0, 0.05) is 57.4 Å². The molecule has 1 N–H and O–H groups in total. The number of ether oxygens (including phenoxy) is 2. The fourth-order valence-electron chi connectivity index (χ4n) is 4.08. The second kappa shape index (κ2) is 11.2. The summed E-state index contributed by atoms with van der Waals surface area (Å²) in [5.74, 6) is -0.196. The van der Waals surface area contributed by atoms with E-state index in [1.165, 1.54) is 6.92 Å². The van der Waals surface area contributed by atoms with Gasteiger partial charge < -0.3 is 24.6 Å². The van der Waals surface area contributed by atoms with Crippen LogP contribution in [0.4, 0.5) is 5.69 Å². The van der Waals surface area contributed by atoms with Crippen molar-refractivity contribution in [1.82, 2.24) is 9.80 Å². The van der Waals surface area contributed by atoms with Crippen LogP contribution in [0.3, 0.4) is 0 Å². The zero-order chi connectivity index (χ0) is 24.8. The highest BCUT2D eigenvalue weighted by atomic mass is 16.5. The first-order valence-corrected chi connectivity index (χ1v) is 11.4. The fraction of sp³-hybridized carbons (Fsp3) is 0.423. The summed E-state index contributed by atoms with van der Waals surface area (Å²) in [6, 6.07) is 13.8. The van der Waals surface area contributed by atoms with Crippen molar-refractivity contribution in [3.63, 3.8) is 0 Å². The number of fused-ring (bicyclic) bond motifs is 1. The van der Waals surface area contributed by atoms with E-state index in [2.05, 4.69) is 5.32 Å². The molecule has 0 saturated carbocycles. The van der Waals surface area contributed by atoms with Gasteiger partial charge in [-0.3, -0.25) is 14.4 Å². The van der Waals surface area contributed by atoms with Crippen LogP contribution in [0, 0.1) is 5.92 Å². The van der Waals surface area contributed by atoms with Crippen molar-refractivity contribution in [2.75, 3.05) is 39.2 Å². The first-order chi connectivity index (χ1) is 16.2. The van der Waals surface area contributed by atoms with Gasteiger partial charge in [-0.25, -0.2) is 0 Å². The maximum absolute atomic E-state index is 13.4. The van der Waals surface area contributed by atoms with Gasteiger partial charge in [0.05, 0.1) is 17.7 Å². The second-order valence-corrected chi connectivity index (χ2v) is 8.81. The minimum atomic E-state index is -0.280. The molecule has 3 amide bonds. The first kappa shape index (κ1) is 25.2. The van der Waals surface area contributed by atoms with E-state index >= 15 is 0 Å². The summed E-state index contributed by atoms with van der Waals surface area (Å²) in [4.78, 5) is 41.6. The van der Waals surface area contributed by atoms with E-state index in [-0.39, 0.29) is 42.4 Å². The number of carbonyl (C=O) groups is 3. The number of hydrogen-bond acceptors (Lipinski definition) is 5. The van der Waals surface area contributed by atoms with Crippen LogP contribution >= 0.6 is 0 Å². The van der Waals surface area contributed by atoms with E-state index in [1.54, 1.807) is 54.3 Å². The summed E-state index contributed by atoms with van der Waals surface area (Å²) >= 11 is 0. The molecule has 0 spiro atoms. The van der Waals surface area contributed by atoms with Gasteiger partial charge in [0.2, 0.25) is 5.91 Å². The van der Waals surface area contributed by atoms with Gasteiger partial charge in [-0.05, 0) is 31.2 Å². The Morgan fingerprint density at radius 1 is 1.09 bits per heavy atom. The Morgan fingerprint density at radius 2 is 1.79 bits per heavy atom. The summed E-state index contributed by atoms with van der Waals surface area (Å²) in [6.45, 7) is 6.33. The number of benzene rings is 2. The summed E-state index contributed by atoms with van der Waals surface area (Å²) in [5, 5.41) is 2.72. The van der Waals surface area contributed by atoms with Crippen LogP contribution in [-0.4, -0.2) is 73.5 Å². The van der Waals surface area contributed by atoms with E-state index in [1.807, 2.05) is 32.0 Å². The molecule has 1 aliphatic rings. The highest BCUT2D eigenvalue weighted by molar-refractivity contribution is 5.98. The molecule has 0 bridgehead atoms. The molecule has 8 nitrogen and oxygen atoms in total. The normalized spacial score (nSPS) is 21.6. The number of rotatable bonds is 3. The van der Waals surface area contributed by atoms with Crippen LogP contribution in [0.15, 0.2) is 48.5 Å². The molecular weight excluding hydrogens is 434 g/mol. The van der Waals surface area contributed by atoms with Crippen molar-refractivity contribution in [1.29, 1.82) is 0 Å². The van der Waals surface area contributed by atoms with Gasteiger partial charge in [0.1, 0.15) is 12.4 Å². The fourth-order valence-corrected chi connectivity index (χ4v) is 4.08. The van der Waals surface area contributed by atoms with E-state index < -0.39 is 0 Å². The first-order valence-electron chi connectivity index (χ1n) is 11.4. The Morgan fingerprint density at radius 3 is 2.44 bits per heavy atom. The lowest BCUT2D eigenvalue weighted by Crippen LogP contribution is -2.48. The summed E-state index contributed by atoms with van der Waals surface area (Å²) in [5.41, 5.74) is 1.51. The van der Waals surface area contributed by atoms with Crippen LogP contribution in [0.25, 0.3) is 0 Å². The van der Waals surface area contributed by atoms with E-state index in [4.69, 9.17) is 9.47 Å². The molecule has 3 rings (SSSR count). The minimum Gasteiger partial charge on any atom is -0.491 e. The Kier molecular flexibility index (Phi) is 8.28. The Labute approximate surface area is 200 Å². The third-order valence-corrected chi connectivity index (χ3v) is 6.05. The van der Waals surface area contributed by atoms with Gasteiger partial charge >= 0.3 is 0 Å².